The van der Waals surface area contributed by atoms with Crippen molar-refractivity contribution >= 4 is 11.9 Å². The van der Waals surface area contributed by atoms with Crippen molar-refractivity contribution in [1.29, 1.82) is 0 Å². The number of hydrogen-bond donors (Lipinski definition) is 1. The van der Waals surface area contributed by atoms with Crippen molar-refractivity contribution in [2.75, 3.05) is 13.2 Å². The first-order valence-electron chi connectivity index (χ1n) is 29.8. The second kappa shape index (κ2) is 60.1. The lowest BCUT2D eigenvalue weighted by atomic mass is 10.0. The standard InChI is InChI=1S/C65H112O5/c1-3-5-7-9-11-13-15-17-19-20-21-22-23-24-25-26-27-28-29-30-31-32-33-34-35-36-37-38-39-40-41-42-43-44-46-48-50-52-54-56-58-60-65(68)70-63(61-66)62-69-64(67)59-57-55-53-51-49-47-45-18-16-14-12-10-8-6-4-2/h5,7,11-14,17-19,21-22,24-25,27-28,45,63,66H,3-4,6,8-10,15-16,20,23,26,29-44,46-62H2,1-2H3/b7-5-,13-11-,14-12-,19-17-,22-21-,25-24-,28-27-,45-18-. The van der Waals surface area contributed by atoms with Crippen molar-refractivity contribution < 1.29 is 24.2 Å². The second-order valence-corrected chi connectivity index (χ2v) is 19.7. The molecule has 70 heavy (non-hydrogen) atoms. The molecule has 1 unspecified atom stereocenters. The Morgan fingerprint density at radius 1 is 0.343 bits per heavy atom. The summed E-state index contributed by atoms with van der Waals surface area (Å²) in [5, 5.41) is 9.64. The summed E-state index contributed by atoms with van der Waals surface area (Å²) < 4.78 is 10.7. The van der Waals surface area contributed by atoms with Crippen LogP contribution in [0.15, 0.2) is 97.2 Å². The molecule has 0 aromatic rings. The van der Waals surface area contributed by atoms with Crippen molar-refractivity contribution in [3.8, 4) is 0 Å². The molecule has 0 bridgehead atoms. The molecule has 0 fully saturated rings. The normalized spacial score (nSPS) is 12.9. The van der Waals surface area contributed by atoms with Gasteiger partial charge in [0.15, 0.2) is 6.10 Å². The van der Waals surface area contributed by atoms with Crippen LogP contribution in [0.2, 0.25) is 0 Å². The van der Waals surface area contributed by atoms with E-state index in [4.69, 9.17) is 9.47 Å². The molecule has 1 N–H and O–H groups in total. The quantitative estimate of drug-likeness (QED) is 0.0373. The van der Waals surface area contributed by atoms with E-state index in [1.54, 1.807) is 0 Å². The van der Waals surface area contributed by atoms with Gasteiger partial charge in [-0.1, -0.05) is 272 Å². The molecule has 0 aliphatic heterocycles. The summed E-state index contributed by atoms with van der Waals surface area (Å²) in [7, 11) is 0. The smallest absolute Gasteiger partial charge is 0.306 e. The minimum Gasteiger partial charge on any atom is -0.462 e. The SMILES string of the molecule is CC/C=C\C/C=C\C/C=C\C/C=C\C/C=C\C/C=C\CCCCCCCCCCCCCCCCCCCCCCCCC(=O)OC(CO)COC(=O)CCCCCCC/C=C\C/C=C\CCCCC. The van der Waals surface area contributed by atoms with Crippen molar-refractivity contribution in [2.24, 2.45) is 0 Å². The molecule has 5 heteroatoms. The van der Waals surface area contributed by atoms with Crippen molar-refractivity contribution in [1.82, 2.24) is 0 Å². The zero-order valence-electron chi connectivity index (χ0n) is 46.0. The van der Waals surface area contributed by atoms with Crippen LogP contribution in [0.3, 0.4) is 0 Å². The van der Waals surface area contributed by atoms with Gasteiger partial charge in [0.1, 0.15) is 6.61 Å². The van der Waals surface area contributed by atoms with Gasteiger partial charge < -0.3 is 14.6 Å². The van der Waals surface area contributed by atoms with Crippen molar-refractivity contribution in [3.63, 3.8) is 0 Å². The predicted molar refractivity (Wildman–Crippen MR) is 306 cm³/mol. The van der Waals surface area contributed by atoms with Crippen LogP contribution in [0.4, 0.5) is 0 Å². The molecule has 5 nitrogen and oxygen atoms in total. The van der Waals surface area contributed by atoms with E-state index in [1.165, 1.54) is 167 Å². The number of aliphatic hydroxyl groups excluding tert-OH is 1. The molecule has 0 saturated heterocycles. The van der Waals surface area contributed by atoms with E-state index in [-0.39, 0.29) is 25.2 Å². The molecular weight excluding hydrogens is 861 g/mol. The molecule has 0 spiro atoms. The van der Waals surface area contributed by atoms with Crippen molar-refractivity contribution in [2.45, 2.75) is 290 Å². The van der Waals surface area contributed by atoms with Crippen LogP contribution in [0.5, 0.6) is 0 Å². The summed E-state index contributed by atoms with van der Waals surface area (Å²) in [6.07, 6.45) is 85.5. The van der Waals surface area contributed by atoms with Gasteiger partial charge in [-0.15, -0.1) is 0 Å². The van der Waals surface area contributed by atoms with Gasteiger partial charge in [-0.25, -0.2) is 0 Å². The Hall–Kier alpha value is -3.18. The maximum Gasteiger partial charge on any atom is 0.306 e. The van der Waals surface area contributed by atoms with Gasteiger partial charge in [0.05, 0.1) is 6.61 Å². The number of aliphatic hydroxyl groups is 1. The van der Waals surface area contributed by atoms with E-state index in [0.717, 1.165) is 89.9 Å². The van der Waals surface area contributed by atoms with Crippen LogP contribution < -0.4 is 0 Å². The Balaban J connectivity index is 3.43. The zero-order chi connectivity index (χ0) is 50.6. The molecule has 0 aromatic heterocycles. The molecular formula is C65H112O5. The summed E-state index contributed by atoms with van der Waals surface area (Å²) in [6.45, 7) is 4.00. The molecule has 0 radical (unpaired) electrons. The average molecular weight is 974 g/mol. The van der Waals surface area contributed by atoms with Crippen molar-refractivity contribution in [3.05, 3.63) is 97.2 Å². The molecule has 0 rings (SSSR count). The fraction of sp³-hybridized carbons (Fsp3) is 0.723. The molecule has 0 aromatic carbocycles. The van der Waals surface area contributed by atoms with Crippen LogP contribution in [0.1, 0.15) is 284 Å². The lowest BCUT2D eigenvalue weighted by molar-refractivity contribution is -0.161. The van der Waals surface area contributed by atoms with Gasteiger partial charge in [-0.3, -0.25) is 9.59 Å². The average Bonchev–Trinajstić information content (AvgIpc) is 3.36. The maximum absolute atomic E-state index is 12.3. The molecule has 0 aliphatic carbocycles. The molecule has 0 amide bonds. The van der Waals surface area contributed by atoms with E-state index in [9.17, 15) is 14.7 Å². The highest BCUT2D eigenvalue weighted by Gasteiger charge is 2.16. The summed E-state index contributed by atoms with van der Waals surface area (Å²) in [5.74, 6) is -0.600. The predicted octanol–water partition coefficient (Wildman–Crippen LogP) is 20.3. The molecule has 0 heterocycles. The van der Waals surface area contributed by atoms with E-state index >= 15 is 0 Å². The minimum absolute atomic E-state index is 0.0730. The minimum atomic E-state index is -0.779. The Morgan fingerprint density at radius 3 is 0.929 bits per heavy atom. The number of carbonyl (C=O) groups excluding carboxylic acids is 2. The molecule has 402 valence electrons. The summed E-state index contributed by atoms with van der Waals surface area (Å²) in [5.41, 5.74) is 0. The largest absolute Gasteiger partial charge is 0.462 e. The number of esters is 2. The molecule has 0 aliphatic rings. The lowest BCUT2D eigenvalue weighted by Gasteiger charge is -2.15. The van der Waals surface area contributed by atoms with Gasteiger partial charge in [0.25, 0.3) is 0 Å². The van der Waals surface area contributed by atoms with Gasteiger partial charge in [0.2, 0.25) is 0 Å². The maximum atomic E-state index is 12.3. The summed E-state index contributed by atoms with van der Waals surface area (Å²) >= 11 is 0. The number of carbonyl (C=O) groups is 2. The molecule has 1 atom stereocenters. The third kappa shape index (κ3) is 57.4. The fourth-order valence-electron chi connectivity index (χ4n) is 8.41. The van der Waals surface area contributed by atoms with E-state index in [1.807, 2.05) is 0 Å². The highest BCUT2D eigenvalue weighted by Crippen LogP contribution is 2.17. The van der Waals surface area contributed by atoms with Gasteiger partial charge in [-0.05, 0) is 96.3 Å². The highest BCUT2D eigenvalue weighted by molar-refractivity contribution is 5.70. The van der Waals surface area contributed by atoms with Crippen LogP contribution >= 0.6 is 0 Å². The van der Waals surface area contributed by atoms with E-state index in [2.05, 4.69) is 111 Å². The number of unbranched alkanes of at least 4 members (excludes halogenated alkanes) is 30. The first-order chi connectivity index (χ1) is 34.6. The number of hydrogen-bond acceptors (Lipinski definition) is 5. The monoisotopic (exact) mass is 973 g/mol. The van der Waals surface area contributed by atoms with Gasteiger partial charge >= 0.3 is 11.9 Å². The topological polar surface area (TPSA) is 72.8 Å². The second-order valence-electron chi connectivity index (χ2n) is 19.7. The Kier molecular flexibility index (Phi) is 57.4. The first kappa shape index (κ1) is 66.8. The van der Waals surface area contributed by atoms with Gasteiger partial charge in [-0.2, -0.15) is 0 Å². The zero-order valence-corrected chi connectivity index (χ0v) is 46.0. The lowest BCUT2D eigenvalue weighted by Crippen LogP contribution is -2.28. The Morgan fingerprint density at radius 2 is 0.614 bits per heavy atom. The number of rotatable bonds is 54. The van der Waals surface area contributed by atoms with E-state index < -0.39 is 6.10 Å². The summed E-state index contributed by atoms with van der Waals surface area (Å²) in [4.78, 5) is 24.5. The Bertz CT molecular complexity index is 1330. The van der Waals surface area contributed by atoms with Crippen LogP contribution in [-0.4, -0.2) is 36.4 Å². The Labute approximate surface area is 434 Å². The summed E-state index contributed by atoms with van der Waals surface area (Å²) in [6, 6.07) is 0. The fourth-order valence-corrected chi connectivity index (χ4v) is 8.41. The van der Waals surface area contributed by atoms with Gasteiger partial charge in [0, 0.05) is 12.8 Å². The van der Waals surface area contributed by atoms with Crippen LogP contribution in [0, 0.1) is 0 Å². The van der Waals surface area contributed by atoms with Crippen LogP contribution in [0.25, 0.3) is 0 Å². The third-order valence-corrected chi connectivity index (χ3v) is 12.9. The van der Waals surface area contributed by atoms with Crippen LogP contribution in [-0.2, 0) is 19.1 Å². The first-order valence-corrected chi connectivity index (χ1v) is 29.8. The number of ether oxygens (including phenoxy) is 2. The van der Waals surface area contributed by atoms with E-state index in [0.29, 0.717) is 12.8 Å². The molecule has 0 saturated carbocycles. The number of allylic oxidation sites excluding steroid dienone is 16. The third-order valence-electron chi connectivity index (χ3n) is 12.9. The highest BCUT2D eigenvalue weighted by atomic mass is 16.6.